The summed E-state index contributed by atoms with van der Waals surface area (Å²) in [6, 6.07) is 9.50. The van der Waals surface area contributed by atoms with Crippen molar-refractivity contribution in [1.82, 2.24) is 0 Å². The van der Waals surface area contributed by atoms with Crippen LogP contribution in [0.25, 0.3) is 0 Å². The summed E-state index contributed by atoms with van der Waals surface area (Å²) >= 11 is 0. The minimum absolute atomic E-state index is 0.111. The molecule has 94 valence electrons. The molecule has 17 heavy (non-hydrogen) atoms. The van der Waals surface area contributed by atoms with Crippen LogP contribution in [0.1, 0.15) is 18.4 Å². The van der Waals surface area contributed by atoms with Gasteiger partial charge in [-0.2, -0.15) is 0 Å². The van der Waals surface area contributed by atoms with Crippen LogP contribution in [0.3, 0.4) is 0 Å². The first-order valence-corrected chi connectivity index (χ1v) is 7.44. The maximum Gasteiger partial charge on any atom is 0.155 e. The highest BCUT2D eigenvalue weighted by molar-refractivity contribution is 7.92. The van der Waals surface area contributed by atoms with E-state index in [0.717, 1.165) is 5.56 Å². The number of benzene rings is 1. The van der Waals surface area contributed by atoms with Gasteiger partial charge < -0.3 is 11.5 Å². The lowest BCUT2D eigenvalue weighted by Gasteiger charge is -2.07. The van der Waals surface area contributed by atoms with Gasteiger partial charge in [-0.25, -0.2) is 8.42 Å². The predicted molar refractivity (Wildman–Crippen MR) is 68.4 cm³/mol. The van der Waals surface area contributed by atoms with E-state index in [1.807, 2.05) is 30.3 Å². The highest BCUT2D eigenvalue weighted by Crippen LogP contribution is 2.53. The summed E-state index contributed by atoms with van der Waals surface area (Å²) in [7, 11) is -3.15. The van der Waals surface area contributed by atoms with Gasteiger partial charge in [0.1, 0.15) is 0 Å². The molecule has 1 aliphatic carbocycles. The average Bonchev–Trinajstić information content (AvgIpc) is 2.99. The molecule has 3 atom stereocenters. The van der Waals surface area contributed by atoms with Crippen LogP contribution in [0.4, 0.5) is 0 Å². The average molecular weight is 254 g/mol. The molecule has 0 amide bonds. The Bertz CT molecular complexity index is 500. The third kappa shape index (κ3) is 1.88. The van der Waals surface area contributed by atoms with E-state index in [1.54, 1.807) is 6.92 Å². The molecular weight excluding hydrogens is 236 g/mol. The Hall–Kier alpha value is -0.910. The van der Waals surface area contributed by atoms with Crippen molar-refractivity contribution in [3.63, 3.8) is 0 Å². The van der Waals surface area contributed by atoms with Crippen molar-refractivity contribution in [2.75, 3.05) is 12.3 Å². The molecular formula is C12H18N2O2S. The largest absolute Gasteiger partial charge is 0.329 e. The molecule has 4 nitrogen and oxygen atoms in total. The molecule has 1 saturated carbocycles. The van der Waals surface area contributed by atoms with Crippen molar-refractivity contribution < 1.29 is 8.42 Å². The van der Waals surface area contributed by atoms with Crippen molar-refractivity contribution in [3.8, 4) is 0 Å². The summed E-state index contributed by atoms with van der Waals surface area (Å²) in [4.78, 5) is 0. The second-order valence-corrected chi connectivity index (χ2v) is 6.99. The van der Waals surface area contributed by atoms with E-state index in [0.29, 0.717) is 0 Å². The summed E-state index contributed by atoms with van der Waals surface area (Å²) < 4.78 is 24.0. The Kier molecular flexibility index (Phi) is 3.01. The third-order valence-corrected chi connectivity index (χ3v) is 5.89. The molecule has 0 bridgehead atoms. The number of hydrogen-bond donors (Lipinski definition) is 2. The first-order chi connectivity index (χ1) is 7.97. The van der Waals surface area contributed by atoms with E-state index in [2.05, 4.69) is 0 Å². The lowest BCUT2D eigenvalue weighted by Crippen LogP contribution is -2.39. The SMILES string of the molecule is CCS(=O)(=O)[C@@H]1[C@@H](c2ccccc2)[C@@]1(N)CN. The van der Waals surface area contributed by atoms with Crippen molar-refractivity contribution >= 4 is 9.84 Å². The van der Waals surface area contributed by atoms with Crippen LogP contribution >= 0.6 is 0 Å². The van der Waals surface area contributed by atoms with E-state index in [1.165, 1.54) is 0 Å². The van der Waals surface area contributed by atoms with Crippen LogP contribution in [0, 0.1) is 0 Å². The molecule has 0 spiro atoms. The van der Waals surface area contributed by atoms with E-state index < -0.39 is 20.6 Å². The van der Waals surface area contributed by atoms with E-state index in [9.17, 15) is 8.42 Å². The topological polar surface area (TPSA) is 86.2 Å². The predicted octanol–water partition coefficient (Wildman–Crippen LogP) is 0.243. The van der Waals surface area contributed by atoms with Gasteiger partial charge in [-0.05, 0) is 5.56 Å². The van der Waals surface area contributed by atoms with Gasteiger partial charge in [-0.15, -0.1) is 0 Å². The molecule has 0 radical (unpaired) electrons. The molecule has 2 rings (SSSR count). The van der Waals surface area contributed by atoms with E-state index in [-0.39, 0.29) is 18.2 Å². The first-order valence-electron chi connectivity index (χ1n) is 5.73. The molecule has 0 heterocycles. The molecule has 4 N–H and O–H groups in total. The van der Waals surface area contributed by atoms with E-state index >= 15 is 0 Å². The van der Waals surface area contributed by atoms with Gasteiger partial charge >= 0.3 is 0 Å². The maximum atomic E-state index is 12.0. The third-order valence-electron chi connectivity index (χ3n) is 3.60. The summed E-state index contributed by atoms with van der Waals surface area (Å²) in [6.07, 6.45) is 0. The summed E-state index contributed by atoms with van der Waals surface area (Å²) in [6.45, 7) is 1.84. The molecule has 5 heteroatoms. The highest BCUT2D eigenvalue weighted by Gasteiger charge is 2.67. The fourth-order valence-corrected chi connectivity index (χ4v) is 4.55. The molecule has 1 aromatic carbocycles. The molecule has 1 aromatic rings. The van der Waals surface area contributed by atoms with Crippen molar-refractivity contribution in [1.29, 1.82) is 0 Å². The Morgan fingerprint density at radius 3 is 2.35 bits per heavy atom. The normalized spacial score (nSPS) is 32.4. The summed E-state index contributed by atoms with van der Waals surface area (Å²) in [5.41, 5.74) is 11.9. The second kappa shape index (κ2) is 4.08. The summed E-state index contributed by atoms with van der Waals surface area (Å²) in [5.74, 6) is -0.0569. The second-order valence-electron chi connectivity index (χ2n) is 4.58. The lowest BCUT2D eigenvalue weighted by atomic mass is 10.1. The van der Waals surface area contributed by atoms with Crippen molar-refractivity contribution in [2.24, 2.45) is 11.5 Å². The standard InChI is InChI=1S/C12H18N2O2S/c1-2-17(15,16)11-10(12(11,14)8-13)9-6-4-3-5-7-9/h3-7,10-11H,2,8,13-14H2,1H3/t10-,11-,12+/m1/s1. The van der Waals surface area contributed by atoms with Crippen LogP contribution in [0.5, 0.6) is 0 Å². The maximum absolute atomic E-state index is 12.0. The molecule has 1 fully saturated rings. The minimum Gasteiger partial charge on any atom is -0.329 e. The van der Waals surface area contributed by atoms with Crippen LogP contribution in [-0.4, -0.2) is 31.5 Å². The Morgan fingerprint density at radius 1 is 1.29 bits per heavy atom. The van der Waals surface area contributed by atoms with Crippen LogP contribution in [0.2, 0.25) is 0 Å². The zero-order chi connectivity index (χ0) is 12.7. The summed E-state index contributed by atoms with van der Waals surface area (Å²) in [5, 5.41) is -0.535. The van der Waals surface area contributed by atoms with Gasteiger partial charge in [0.05, 0.1) is 10.8 Å². The lowest BCUT2D eigenvalue weighted by molar-refractivity contribution is 0.587. The van der Waals surface area contributed by atoms with Gasteiger partial charge in [-0.1, -0.05) is 37.3 Å². The number of sulfone groups is 1. The molecule has 0 saturated heterocycles. The fraction of sp³-hybridized carbons (Fsp3) is 0.500. The van der Waals surface area contributed by atoms with Crippen LogP contribution in [-0.2, 0) is 9.84 Å². The molecule has 0 unspecified atom stereocenters. The number of rotatable bonds is 4. The Balaban J connectivity index is 2.37. The first kappa shape index (κ1) is 12.5. The van der Waals surface area contributed by atoms with Gasteiger partial charge in [0.2, 0.25) is 0 Å². The molecule has 1 aliphatic rings. The Labute approximate surface area is 102 Å². The molecule has 0 aliphatic heterocycles. The van der Waals surface area contributed by atoms with Crippen molar-refractivity contribution in [2.45, 2.75) is 23.6 Å². The zero-order valence-corrected chi connectivity index (χ0v) is 10.7. The van der Waals surface area contributed by atoms with Crippen LogP contribution < -0.4 is 11.5 Å². The van der Waals surface area contributed by atoms with Crippen molar-refractivity contribution in [3.05, 3.63) is 35.9 Å². The Morgan fingerprint density at radius 2 is 1.88 bits per heavy atom. The van der Waals surface area contributed by atoms with Gasteiger partial charge in [-0.3, -0.25) is 0 Å². The zero-order valence-electron chi connectivity index (χ0n) is 9.84. The smallest absolute Gasteiger partial charge is 0.155 e. The minimum atomic E-state index is -3.15. The van der Waals surface area contributed by atoms with Gasteiger partial charge in [0.15, 0.2) is 9.84 Å². The quantitative estimate of drug-likeness (QED) is 0.806. The molecule has 0 aromatic heterocycles. The van der Waals surface area contributed by atoms with E-state index in [4.69, 9.17) is 11.5 Å². The fourth-order valence-electron chi connectivity index (χ4n) is 2.53. The van der Waals surface area contributed by atoms with Crippen LogP contribution in [0.15, 0.2) is 30.3 Å². The van der Waals surface area contributed by atoms with Gasteiger partial charge in [0.25, 0.3) is 0 Å². The van der Waals surface area contributed by atoms with Gasteiger partial charge in [0, 0.05) is 18.2 Å². The number of nitrogens with two attached hydrogens (primary N) is 2. The highest BCUT2D eigenvalue weighted by atomic mass is 32.2. The monoisotopic (exact) mass is 254 g/mol. The number of hydrogen-bond acceptors (Lipinski definition) is 4.